The Morgan fingerprint density at radius 3 is 1.24 bits per heavy atom. The Kier molecular flexibility index (Phi) is 13.1. The van der Waals surface area contributed by atoms with Crippen molar-refractivity contribution in [1.82, 2.24) is 0 Å². The fraction of sp³-hybridized carbons (Fsp3) is 0.733. The quantitative estimate of drug-likeness (QED) is 0.161. The molecule has 0 aliphatic rings. The number of thiophene rings is 2. The first-order chi connectivity index (χ1) is 15.9. The second-order valence-corrected chi connectivity index (χ2v) is 45.6. The molecule has 2 unspecified atom stereocenters. The van der Waals surface area contributed by atoms with Gasteiger partial charge in [0.25, 0.3) is 0 Å². The van der Waals surface area contributed by atoms with Gasteiger partial charge in [0.2, 0.25) is 0 Å². The molecular weight excluding hydrogens is 662 g/mol. The summed E-state index contributed by atoms with van der Waals surface area (Å²) < 4.78 is 3.56. The summed E-state index contributed by atoms with van der Waals surface area (Å²) in [5, 5.41) is 0. The van der Waals surface area contributed by atoms with Crippen molar-refractivity contribution in [2.24, 2.45) is 11.8 Å². The predicted molar refractivity (Wildman–Crippen MR) is 168 cm³/mol. The maximum absolute atomic E-state index is 2.70. The first-order valence-corrected chi connectivity index (χ1v) is 35.8. The number of hydrogen-bond acceptors (Lipinski definition) is 2. The molecule has 0 aromatic carbocycles. The first kappa shape index (κ1) is 31.2. The molecule has 0 nitrogen and oxygen atoms in total. The van der Waals surface area contributed by atoms with Crippen molar-refractivity contribution in [3.8, 4) is 9.75 Å². The van der Waals surface area contributed by atoms with Crippen LogP contribution < -0.4 is 5.79 Å². The van der Waals surface area contributed by atoms with Crippen molar-refractivity contribution in [3.05, 3.63) is 23.3 Å². The van der Waals surface area contributed by atoms with Gasteiger partial charge in [-0.1, -0.05) is 0 Å². The number of rotatable bonds is 15. The summed E-state index contributed by atoms with van der Waals surface area (Å²) in [4.78, 5) is 19.0. The molecule has 2 heterocycles. The molecule has 34 heavy (non-hydrogen) atoms. The average molecular weight is 716 g/mol. The van der Waals surface area contributed by atoms with Gasteiger partial charge in [-0.05, 0) is 0 Å². The van der Waals surface area contributed by atoms with E-state index in [1.165, 1.54) is 64.2 Å². The van der Waals surface area contributed by atoms with E-state index in [4.69, 9.17) is 0 Å². The van der Waals surface area contributed by atoms with Crippen molar-refractivity contribution in [2.45, 2.75) is 122 Å². The van der Waals surface area contributed by atoms with Gasteiger partial charge in [-0.15, -0.1) is 0 Å². The van der Waals surface area contributed by atoms with Gasteiger partial charge >= 0.3 is 232 Å². The Bertz CT molecular complexity index is 791. The van der Waals surface area contributed by atoms with Crippen LogP contribution in [0.2, 0.25) is 29.6 Å². The van der Waals surface area contributed by atoms with Crippen LogP contribution in [0.3, 0.4) is 0 Å². The van der Waals surface area contributed by atoms with Crippen LogP contribution in [0.4, 0.5) is 0 Å². The minimum absolute atomic E-state index is 0.842. The summed E-state index contributed by atoms with van der Waals surface area (Å²) in [5.74, 6) is 1.68. The van der Waals surface area contributed by atoms with Crippen LogP contribution >= 0.6 is 22.7 Å². The molecule has 2 aromatic rings. The molecule has 0 bridgehead atoms. The molecule has 0 N–H and O–H groups in total. The van der Waals surface area contributed by atoms with Gasteiger partial charge in [0.05, 0.1) is 0 Å². The van der Waals surface area contributed by atoms with Gasteiger partial charge in [-0.3, -0.25) is 0 Å². The Morgan fingerprint density at radius 2 is 0.971 bits per heavy atom. The van der Waals surface area contributed by atoms with Crippen molar-refractivity contribution >= 4 is 65.2 Å². The molecule has 0 spiro atoms. The third kappa shape index (κ3) is 9.08. The van der Waals surface area contributed by atoms with Crippen LogP contribution in [0.1, 0.15) is 90.2 Å². The molecule has 0 aliphatic heterocycles. The molecule has 0 saturated carbocycles. The van der Waals surface area contributed by atoms with Crippen LogP contribution in [0.25, 0.3) is 9.75 Å². The van der Waals surface area contributed by atoms with Gasteiger partial charge in [-0.25, -0.2) is 0 Å². The summed E-state index contributed by atoms with van der Waals surface area (Å²) in [6.07, 6.45) is 13.4. The van der Waals surface area contributed by atoms with E-state index in [-0.39, 0.29) is 0 Å². The fourth-order valence-electron chi connectivity index (χ4n) is 4.79. The SMILES string of the molecule is CCCCC(CC)Cc1c[c]([Sn]([CH3])([CH3])[CH3])sc1-c1s[c]([Sn]([CH3])([CH3])[CH3])cc1CC(CC)CCCC. The van der Waals surface area contributed by atoms with E-state index in [2.05, 4.69) is 92.1 Å². The monoisotopic (exact) mass is 718 g/mol. The van der Waals surface area contributed by atoms with E-state index in [1.807, 2.05) is 0 Å². The summed E-state index contributed by atoms with van der Waals surface area (Å²) in [7, 11) is 0. The van der Waals surface area contributed by atoms with Crippen LogP contribution in [0, 0.1) is 11.8 Å². The topological polar surface area (TPSA) is 0 Å². The Hall–Kier alpha value is 0.997. The zero-order valence-corrected chi connectivity index (χ0v) is 31.5. The molecule has 0 fully saturated rings. The van der Waals surface area contributed by atoms with Crippen molar-refractivity contribution < 1.29 is 0 Å². The Morgan fingerprint density at radius 1 is 0.618 bits per heavy atom. The molecule has 4 heteroatoms. The molecule has 0 saturated heterocycles. The molecule has 194 valence electrons. The molecule has 0 amide bonds. The zero-order valence-electron chi connectivity index (χ0n) is 24.2. The third-order valence-corrected chi connectivity index (χ3v) is 28.8. The second-order valence-electron chi connectivity index (χ2n) is 12.7. The molecule has 2 aromatic heterocycles. The Balaban J connectivity index is 2.58. The molecule has 2 atom stereocenters. The van der Waals surface area contributed by atoms with Crippen LogP contribution in [-0.4, -0.2) is 36.8 Å². The van der Waals surface area contributed by atoms with Gasteiger partial charge < -0.3 is 0 Å². The van der Waals surface area contributed by atoms with Gasteiger partial charge in [0.1, 0.15) is 0 Å². The normalized spacial score (nSPS) is 14.5. The molecule has 0 aliphatic carbocycles. The maximum atomic E-state index is 2.70. The van der Waals surface area contributed by atoms with Crippen molar-refractivity contribution in [2.75, 3.05) is 0 Å². The van der Waals surface area contributed by atoms with Crippen LogP contribution in [-0.2, 0) is 12.8 Å². The van der Waals surface area contributed by atoms with E-state index in [1.54, 1.807) is 26.7 Å². The third-order valence-electron chi connectivity index (χ3n) is 7.41. The zero-order chi connectivity index (χ0) is 25.5. The van der Waals surface area contributed by atoms with Crippen molar-refractivity contribution in [1.29, 1.82) is 0 Å². The van der Waals surface area contributed by atoms with E-state index in [0.717, 1.165) is 11.8 Å². The van der Waals surface area contributed by atoms with E-state index < -0.39 is 36.8 Å². The van der Waals surface area contributed by atoms with E-state index in [9.17, 15) is 0 Å². The van der Waals surface area contributed by atoms with Gasteiger partial charge in [-0.2, -0.15) is 0 Å². The van der Waals surface area contributed by atoms with Crippen molar-refractivity contribution in [3.63, 3.8) is 0 Å². The summed E-state index contributed by atoms with van der Waals surface area (Å²) >= 11 is 0.176. The van der Waals surface area contributed by atoms with E-state index in [0.29, 0.717) is 0 Å². The standard InChI is InChI=1S/C24H36S2.6CH3.2Sn/c1-5-9-11-19(7-3)17-21-13-15-25-23(21)24-22(14-16-26-24)18-20(8-4)12-10-6-2;;;;;;;;/h13-14,19-20H,5-12,17-18H2,1-4H3;6*1H3;;. The van der Waals surface area contributed by atoms with E-state index >= 15 is 0 Å². The average Bonchev–Trinajstić information content (AvgIpc) is 3.37. The van der Waals surface area contributed by atoms with Crippen LogP contribution in [0.5, 0.6) is 0 Å². The Labute approximate surface area is 229 Å². The summed E-state index contributed by atoms with van der Waals surface area (Å²) in [6.45, 7) is 9.52. The molecule has 0 radical (unpaired) electrons. The van der Waals surface area contributed by atoms with Crippen LogP contribution in [0.15, 0.2) is 12.1 Å². The molecule has 2 rings (SSSR count). The summed E-state index contributed by atoms with van der Waals surface area (Å²) in [5.41, 5.74) is 3.41. The first-order valence-electron chi connectivity index (χ1n) is 14.2. The number of hydrogen-bond donors (Lipinski definition) is 0. The fourth-order valence-corrected chi connectivity index (χ4v) is 17.9. The van der Waals surface area contributed by atoms with Gasteiger partial charge in [0, 0.05) is 0 Å². The predicted octanol–water partition coefficient (Wildman–Crippen LogP) is 10.1. The van der Waals surface area contributed by atoms with Gasteiger partial charge in [0.15, 0.2) is 0 Å². The minimum atomic E-state index is -2.13. The number of unbranched alkanes of at least 4 members (excludes halogenated alkanes) is 2. The summed E-state index contributed by atoms with van der Waals surface area (Å²) in [6, 6.07) is 5.39. The second kappa shape index (κ2) is 14.2. The molecular formula is C30H54S2Sn2.